The number of carbonyl (C=O) groups excluding carboxylic acids is 2. The number of aliphatic carboxylic acids is 2. The van der Waals surface area contributed by atoms with Crippen molar-refractivity contribution in [3.8, 4) is 0 Å². The molecule has 90 valence electrons. The van der Waals surface area contributed by atoms with E-state index in [1.54, 1.807) is 24.3 Å². The van der Waals surface area contributed by atoms with Crippen LogP contribution in [0.3, 0.4) is 0 Å². The monoisotopic (exact) mass is 234 g/mol. The van der Waals surface area contributed by atoms with Gasteiger partial charge in [-0.3, -0.25) is 0 Å². The number of hydrogen-bond donors (Lipinski definition) is 1. The van der Waals surface area contributed by atoms with Crippen molar-refractivity contribution in [1.82, 2.24) is 0 Å². The van der Waals surface area contributed by atoms with Crippen LogP contribution in [0.25, 0.3) is 0 Å². The fourth-order valence-electron chi connectivity index (χ4n) is 2.40. The summed E-state index contributed by atoms with van der Waals surface area (Å²) in [6, 6.07) is 7.92. The lowest BCUT2D eigenvalue weighted by molar-refractivity contribution is -0.443. The zero-order valence-corrected chi connectivity index (χ0v) is 9.04. The van der Waals surface area contributed by atoms with Gasteiger partial charge >= 0.3 is 0 Å². The van der Waals surface area contributed by atoms with Crippen LogP contribution in [-0.2, 0) is 9.59 Å². The largest absolute Gasteiger partial charge is 0.550 e. The van der Waals surface area contributed by atoms with E-state index in [1.807, 2.05) is 6.07 Å². The standard InChI is InChI=1S/C12H13NO4/c13-10(12(16)17)8-7(9(8)11(14)15)6-4-2-1-3-5-6/h1-5,7-10H,13H2,(H,14,15)(H,16,17)/p-1/t7-,8+,9+,10+/m1/s1. The van der Waals surface area contributed by atoms with Gasteiger partial charge in [0.05, 0.1) is 5.97 Å². The molecule has 0 aliphatic heterocycles. The minimum absolute atomic E-state index is 0.332. The zero-order valence-electron chi connectivity index (χ0n) is 9.04. The first-order valence-electron chi connectivity index (χ1n) is 5.33. The third kappa shape index (κ3) is 2.01. The molecule has 0 saturated heterocycles. The van der Waals surface area contributed by atoms with Crippen molar-refractivity contribution in [3.05, 3.63) is 35.9 Å². The van der Waals surface area contributed by atoms with Gasteiger partial charge in [-0.2, -0.15) is 0 Å². The van der Waals surface area contributed by atoms with Crippen molar-refractivity contribution in [2.75, 3.05) is 0 Å². The molecule has 0 spiro atoms. The van der Waals surface area contributed by atoms with Crippen LogP contribution < -0.4 is 15.9 Å². The molecule has 5 nitrogen and oxygen atoms in total. The normalized spacial score (nSPS) is 28.4. The Kier molecular flexibility index (Phi) is 2.85. The van der Waals surface area contributed by atoms with Gasteiger partial charge in [0.2, 0.25) is 0 Å². The van der Waals surface area contributed by atoms with Gasteiger partial charge in [0.1, 0.15) is 6.04 Å². The maximum Gasteiger partial charge on any atom is 0.129 e. The van der Waals surface area contributed by atoms with Gasteiger partial charge in [-0.25, -0.2) is 0 Å². The summed E-state index contributed by atoms with van der Waals surface area (Å²) in [7, 11) is 0. The highest BCUT2D eigenvalue weighted by atomic mass is 16.4. The average molecular weight is 234 g/mol. The molecular weight excluding hydrogens is 222 g/mol. The van der Waals surface area contributed by atoms with Gasteiger partial charge in [0.15, 0.2) is 0 Å². The van der Waals surface area contributed by atoms with E-state index in [1.165, 1.54) is 0 Å². The van der Waals surface area contributed by atoms with Crippen LogP contribution in [0, 0.1) is 11.8 Å². The zero-order chi connectivity index (χ0) is 12.6. The lowest BCUT2D eigenvalue weighted by Gasteiger charge is -2.09. The van der Waals surface area contributed by atoms with Crippen LogP contribution in [-0.4, -0.2) is 18.0 Å². The number of carboxylic acids is 2. The molecule has 1 fully saturated rings. The lowest BCUT2D eigenvalue weighted by atomic mass is 10.1. The van der Waals surface area contributed by atoms with E-state index >= 15 is 0 Å². The van der Waals surface area contributed by atoms with Crippen molar-refractivity contribution in [2.24, 2.45) is 11.8 Å². The van der Waals surface area contributed by atoms with Gasteiger partial charge < -0.3 is 25.5 Å². The molecule has 4 atom stereocenters. The smallest absolute Gasteiger partial charge is 0.129 e. The van der Waals surface area contributed by atoms with E-state index < -0.39 is 29.8 Å². The summed E-state index contributed by atoms with van der Waals surface area (Å²) in [6.45, 7) is 0. The lowest BCUT2D eigenvalue weighted by Crippen LogP contribution is -2.70. The highest BCUT2D eigenvalue weighted by molar-refractivity contribution is 5.79. The molecule has 0 radical (unpaired) electrons. The molecule has 1 aliphatic rings. The average Bonchev–Trinajstić information content (AvgIpc) is 3.04. The minimum Gasteiger partial charge on any atom is -0.550 e. The van der Waals surface area contributed by atoms with Crippen LogP contribution in [0.4, 0.5) is 0 Å². The van der Waals surface area contributed by atoms with E-state index in [2.05, 4.69) is 5.73 Å². The third-order valence-electron chi connectivity index (χ3n) is 3.30. The third-order valence-corrected chi connectivity index (χ3v) is 3.30. The van der Waals surface area contributed by atoms with Crippen LogP contribution >= 0.6 is 0 Å². The Hall–Kier alpha value is -1.88. The quantitative estimate of drug-likeness (QED) is 0.603. The van der Waals surface area contributed by atoms with Gasteiger partial charge in [-0.1, -0.05) is 30.3 Å². The van der Waals surface area contributed by atoms with Crippen molar-refractivity contribution < 1.29 is 25.5 Å². The summed E-state index contributed by atoms with van der Waals surface area (Å²) in [6.07, 6.45) is 0. The van der Waals surface area contributed by atoms with Crippen LogP contribution in [0.1, 0.15) is 11.5 Å². The SMILES string of the molecule is [NH3+][C@H](C(=O)[O-])[C@@H]1[C@@H](C(=O)[O-])[C@@H]1c1ccccc1. The Morgan fingerprint density at radius 2 is 1.76 bits per heavy atom. The summed E-state index contributed by atoms with van der Waals surface area (Å²) in [5, 5.41) is 21.7. The van der Waals surface area contributed by atoms with E-state index in [0.29, 0.717) is 0 Å². The summed E-state index contributed by atoms with van der Waals surface area (Å²) in [5.41, 5.74) is 4.26. The summed E-state index contributed by atoms with van der Waals surface area (Å²) in [5.74, 6) is -4.19. The Labute approximate surface area is 97.9 Å². The molecule has 0 heterocycles. The molecule has 3 N–H and O–H groups in total. The summed E-state index contributed by atoms with van der Waals surface area (Å²) >= 11 is 0. The Morgan fingerprint density at radius 3 is 2.24 bits per heavy atom. The molecule has 0 unspecified atom stereocenters. The van der Waals surface area contributed by atoms with Crippen LogP contribution in [0.2, 0.25) is 0 Å². The molecule has 0 bridgehead atoms. The molecule has 17 heavy (non-hydrogen) atoms. The molecule has 0 amide bonds. The number of rotatable bonds is 4. The fraction of sp³-hybridized carbons (Fsp3) is 0.333. The fourth-order valence-corrected chi connectivity index (χ4v) is 2.40. The van der Waals surface area contributed by atoms with Gasteiger partial charge in [-0.05, 0) is 5.56 Å². The van der Waals surface area contributed by atoms with Crippen LogP contribution in [0.15, 0.2) is 30.3 Å². The maximum absolute atomic E-state index is 10.9. The second kappa shape index (κ2) is 4.18. The highest BCUT2D eigenvalue weighted by Gasteiger charge is 2.56. The van der Waals surface area contributed by atoms with E-state index in [0.717, 1.165) is 5.56 Å². The minimum atomic E-state index is -1.32. The Morgan fingerprint density at radius 1 is 1.18 bits per heavy atom. The first kappa shape index (κ1) is 11.6. The topological polar surface area (TPSA) is 108 Å². The predicted molar refractivity (Wildman–Crippen MR) is 52.9 cm³/mol. The molecule has 1 aromatic carbocycles. The van der Waals surface area contributed by atoms with E-state index in [-0.39, 0.29) is 5.92 Å². The Balaban J connectivity index is 2.23. The Bertz CT molecular complexity index is 445. The van der Waals surface area contributed by atoms with E-state index in [4.69, 9.17) is 0 Å². The number of carboxylic acid groups (broad SMARTS) is 2. The number of quaternary nitrogens is 1. The molecule has 1 aliphatic carbocycles. The molecule has 5 heteroatoms. The van der Waals surface area contributed by atoms with Crippen molar-refractivity contribution in [2.45, 2.75) is 12.0 Å². The summed E-state index contributed by atoms with van der Waals surface area (Å²) in [4.78, 5) is 21.7. The predicted octanol–water partition coefficient (Wildman–Crippen LogP) is -2.87. The van der Waals surface area contributed by atoms with Crippen molar-refractivity contribution >= 4 is 11.9 Å². The van der Waals surface area contributed by atoms with E-state index in [9.17, 15) is 19.8 Å². The second-order valence-corrected chi connectivity index (χ2v) is 4.28. The second-order valence-electron chi connectivity index (χ2n) is 4.28. The van der Waals surface area contributed by atoms with Gasteiger partial charge in [0, 0.05) is 23.7 Å². The van der Waals surface area contributed by atoms with Gasteiger partial charge in [0.25, 0.3) is 0 Å². The first-order chi connectivity index (χ1) is 8.04. The van der Waals surface area contributed by atoms with Crippen molar-refractivity contribution in [1.29, 1.82) is 0 Å². The maximum atomic E-state index is 10.9. The first-order valence-corrected chi connectivity index (χ1v) is 5.33. The molecule has 1 saturated carbocycles. The number of benzene rings is 1. The highest BCUT2D eigenvalue weighted by Crippen LogP contribution is 2.54. The molecule has 0 aromatic heterocycles. The molecule has 1 aromatic rings. The molecular formula is C12H12NO4-. The number of carbonyl (C=O) groups is 2. The van der Waals surface area contributed by atoms with Crippen molar-refractivity contribution in [3.63, 3.8) is 0 Å². The van der Waals surface area contributed by atoms with Gasteiger partial charge in [-0.15, -0.1) is 0 Å². The van der Waals surface area contributed by atoms with Crippen LogP contribution in [0.5, 0.6) is 0 Å². The molecule has 2 rings (SSSR count). The number of hydrogen-bond acceptors (Lipinski definition) is 4. The summed E-state index contributed by atoms with van der Waals surface area (Å²) < 4.78 is 0.